The molecule has 0 saturated heterocycles. The number of aromatic nitrogens is 2. The van der Waals surface area contributed by atoms with Gasteiger partial charge >= 0.3 is 11.9 Å². The van der Waals surface area contributed by atoms with Crippen molar-refractivity contribution >= 4 is 11.9 Å². The molecule has 2 atom stereocenters. The third kappa shape index (κ3) is 13.0. The molecule has 12 heteroatoms. The second-order valence-corrected chi connectivity index (χ2v) is 16.5. The predicted molar refractivity (Wildman–Crippen MR) is 258 cm³/mol. The van der Waals surface area contributed by atoms with Crippen LogP contribution in [-0.4, -0.2) is 56.5 Å². The van der Waals surface area contributed by atoms with E-state index in [2.05, 4.69) is 9.97 Å². The van der Waals surface area contributed by atoms with E-state index < -0.39 is 23.1 Å². The Labute approximate surface area is 395 Å². The summed E-state index contributed by atoms with van der Waals surface area (Å²) in [5.74, 6) is 3.19. The number of nitrogens with zero attached hydrogens (tertiary/aromatic N) is 2. The molecule has 1 unspecified atom stereocenters. The number of hydrogen-bond donors (Lipinski definition) is 2. The second-order valence-electron chi connectivity index (χ2n) is 16.5. The second kappa shape index (κ2) is 22.4. The summed E-state index contributed by atoms with van der Waals surface area (Å²) >= 11 is 0. The van der Waals surface area contributed by atoms with Crippen molar-refractivity contribution in [1.82, 2.24) is 9.97 Å². The van der Waals surface area contributed by atoms with Crippen molar-refractivity contribution in [1.29, 1.82) is 0 Å². The zero-order valence-electron chi connectivity index (χ0n) is 38.5. The Morgan fingerprint density at radius 1 is 0.471 bits per heavy atom. The Hall–Kier alpha value is -8.12. The maximum absolute atomic E-state index is 11.9. The SMILES string of the molecule is Cc1oc(-c2ccccc2)nc1CCOc1ccc(CC(C)(Oc2ccccc2)C(=O)O)cc1.Cc1oc(-c2ccccc2)nc1CCOc1ccc(C[C@](C)(Oc2ccccc2)C(=O)O)cc1. The monoisotopic (exact) mass is 914 g/mol. The molecule has 0 radical (unpaired) electrons. The summed E-state index contributed by atoms with van der Waals surface area (Å²) in [4.78, 5) is 33.1. The zero-order valence-corrected chi connectivity index (χ0v) is 38.5. The Morgan fingerprint density at radius 2 is 0.794 bits per heavy atom. The molecule has 0 spiro atoms. The summed E-state index contributed by atoms with van der Waals surface area (Å²) in [6.07, 6.45) is 1.67. The molecule has 0 aliphatic carbocycles. The van der Waals surface area contributed by atoms with Gasteiger partial charge in [0, 0.05) is 36.8 Å². The van der Waals surface area contributed by atoms with Gasteiger partial charge in [0.15, 0.2) is 0 Å². The van der Waals surface area contributed by atoms with Gasteiger partial charge in [0.2, 0.25) is 23.0 Å². The van der Waals surface area contributed by atoms with Gasteiger partial charge < -0.3 is 38.0 Å². The van der Waals surface area contributed by atoms with Gasteiger partial charge in [-0.1, -0.05) is 97.1 Å². The van der Waals surface area contributed by atoms with Gasteiger partial charge in [0.1, 0.15) is 34.5 Å². The number of carboxylic acids is 2. The molecule has 68 heavy (non-hydrogen) atoms. The van der Waals surface area contributed by atoms with Crippen LogP contribution in [0.1, 0.15) is 47.9 Å². The molecule has 0 bridgehead atoms. The van der Waals surface area contributed by atoms with Crippen molar-refractivity contribution in [3.8, 4) is 45.9 Å². The minimum atomic E-state index is -1.38. The fourth-order valence-corrected chi connectivity index (χ4v) is 7.25. The van der Waals surface area contributed by atoms with Crippen LogP contribution in [0.15, 0.2) is 179 Å². The van der Waals surface area contributed by atoms with Crippen LogP contribution in [0.3, 0.4) is 0 Å². The lowest BCUT2D eigenvalue weighted by Crippen LogP contribution is -2.43. The van der Waals surface area contributed by atoms with Crippen LogP contribution in [0.25, 0.3) is 22.9 Å². The number of carboxylic acid groups (broad SMARTS) is 2. The van der Waals surface area contributed by atoms with E-state index in [0.717, 1.165) is 45.2 Å². The fourth-order valence-electron chi connectivity index (χ4n) is 7.25. The van der Waals surface area contributed by atoms with E-state index in [1.54, 1.807) is 38.1 Å². The normalized spacial score (nSPS) is 12.6. The number of oxazole rings is 2. The average Bonchev–Trinajstić information content (AvgIpc) is 3.92. The molecule has 8 rings (SSSR count). The number of aliphatic carboxylic acids is 2. The van der Waals surface area contributed by atoms with E-state index in [1.165, 1.54) is 0 Å². The first-order valence-electron chi connectivity index (χ1n) is 22.3. The molecule has 0 fully saturated rings. The molecule has 2 aromatic heterocycles. The quantitative estimate of drug-likeness (QED) is 0.0745. The zero-order chi connectivity index (χ0) is 47.9. The van der Waals surface area contributed by atoms with Crippen LogP contribution in [0.2, 0.25) is 0 Å². The van der Waals surface area contributed by atoms with Crippen LogP contribution in [0.5, 0.6) is 23.0 Å². The van der Waals surface area contributed by atoms with Crippen molar-refractivity contribution in [2.24, 2.45) is 0 Å². The maximum atomic E-state index is 11.9. The molecule has 0 aliphatic heterocycles. The highest BCUT2D eigenvalue weighted by molar-refractivity contribution is 5.78. The van der Waals surface area contributed by atoms with Gasteiger partial charge in [-0.25, -0.2) is 19.6 Å². The summed E-state index contributed by atoms with van der Waals surface area (Å²) in [6, 6.07) is 52.3. The van der Waals surface area contributed by atoms with Crippen LogP contribution >= 0.6 is 0 Å². The average molecular weight is 915 g/mol. The highest BCUT2D eigenvalue weighted by Gasteiger charge is 2.37. The van der Waals surface area contributed by atoms with Gasteiger partial charge in [-0.15, -0.1) is 0 Å². The molecule has 12 nitrogen and oxygen atoms in total. The Bertz CT molecular complexity index is 2630. The number of benzene rings is 6. The topological polar surface area (TPSA) is 164 Å². The van der Waals surface area contributed by atoms with Crippen molar-refractivity contribution < 1.29 is 47.6 Å². The number of para-hydroxylation sites is 2. The summed E-state index contributed by atoms with van der Waals surface area (Å²) < 4.78 is 35.0. The number of rotatable bonds is 20. The van der Waals surface area contributed by atoms with Crippen molar-refractivity contribution in [2.45, 2.75) is 64.6 Å². The van der Waals surface area contributed by atoms with E-state index in [4.69, 9.17) is 27.8 Å². The summed E-state index contributed by atoms with van der Waals surface area (Å²) in [7, 11) is 0. The highest BCUT2D eigenvalue weighted by Crippen LogP contribution is 2.27. The smallest absolute Gasteiger partial charge is 0.348 e. The van der Waals surface area contributed by atoms with E-state index in [-0.39, 0.29) is 12.8 Å². The summed E-state index contributed by atoms with van der Waals surface area (Å²) in [5.41, 5.74) is 2.53. The molecule has 2 heterocycles. The number of hydrogen-bond acceptors (Lipinski definition) is 10. The van der Waals surface area contributed by atoms with Gasteiger partial charge in [-0.2, -0.15) is 0 Å². The third-order valence-corrected chi connectivity index (χ3v) is 11.0. The van der Waals surface area contributed by atoms with Crippen LogP contribution in [0.4, 0.5) is 0 Å². The molecule has 0 amide bonds. The van der Waals surface area contributed by atoms with Gasteiger partial charge in [0.25, 0.3) is 0 Å². The van der Waals surface area contributed by atoms with Crippen molar-refractivity contribution in [3.63, 3.8) is 0 Å². The van der Waals surface area contributed by atoms with Crippen LogP contribution in [0, 0.1) is 13.8 Å². The Balaban J connectivity index is 0.000000201. The molecular weight excluding hydrogens is 861 g/mol. The van der Waals surface area contributed by atoms with Crippen LogP contribution in [-0.2, 0) is 35.3 Å². The van der Waals surface area contributed by atoms with Gasteiger partial charge in [-0.3, -0.25) is 0 Å². The first kappa shape index (κ1) is 47.8. The van der Waals surface area contributed by atoms with E-state index in [0.29, 0.717) is 60.8 Å². The molecule has 348 valence electrons. The van der Waals surface area contributed by atoms with E-state index in [1.807, 2.05) is 159 Å². The highest BCUT2D eigenvalue weighted by atomic mass is 16.5. The minimum absolute atomic E-state index is 0.220. The Kier molecular flexibility index (Phi) is 15.7. The summed E-state index contributed by atoms with van der Waals surface area (Å²) in [5, 5.41) is 19.5. The first-order valence-corrected chi connectivity index (χ1v) is 22.3. The first-order chi connectivity index (χ1) is 32.9. The summed E-state index contributed by atoms with van der Waals surface area (Å²) in [6.45, 7) is 7.87. The minimum Gasteiger partial charge on any atom is -0.493 e. The van der Waals surface area contributed by atoms with Crippen molar-refractivity contribution in [3.05, 3.63) is 204 Å². The maximum Gasteiger partial charge on any atom is 0.348 e. The van der Waals surface area contributed by atoms with E-state index in [9.17, 15) is 19.8 Å². The number of carbonyl (C=O) groups is 2. The van der Waals surface area contributed by atoms with Crippen molar-refractivity contribution in [2.75, 3.05) is 13.2 Å². The third-order valence-electron chi connectivity index (χ3n) is 11.0. The van der Waals surface area contributed by atoms with Crippen LogP contribution < -0.4 is 18.9 Å². The predicted octanol–water partition coefficient (Wildman–Crippen LogP) is 11.5. The standard InChI is InChI=1S/2C28H27NO5/c2*1-20-25(29-26(33-20)22-9-5-3-6-10-22)17-18-32-23-15-13-21(14-16-23)19-28(2,27(30)31)34-24-11-7-4-8-12-24/h2*3-16H,17-19H2,1-2H3,(H,30,31)/t28-;/m0./s1. The lowest BCUT2D eigenvalue weighted by Gasteiger charge is -2.26. The fraction of sp³-hybridized carbons (Fsp3) is 0.214. The molecule has 6 aromatic carbocycles. The number of ether oxygens (including phenoxy) is 4. The molecule has 2 N–H and O–H groups in total. The lowest BCUT2D eigenvalue weighted by molar-refractivity contribution is -0.154. The Morgan fingerprint density at radius 3 is 1.12 bits per heavy atom. The lowest BCUT2D eigenvalue weighted by atomic mass is 9.96. The van der Waals surface area contributed by atoms with E-state index >= 15 is 0 Å². The molecule has 0 aliphatic rings. The number of aryl methyl sites for hydroxylation is 2. The van der Waals surface area contributed by atoms with Gasteiger partial charge in [-0.05, 0) is 112 Å². The van der Waals surface area contributed by atoms with Gasteiger partial charge in [0.05, 0.1) is 24.6 Å². The molecular formula is C56H54N2O10. The molecule has 8 aromatic rings. The largest absolute Gasteiger partial charge is 0.493 e. The molecule has 0 saturated carbocycles.